The number of hydrogen-bond donors (Lipinski definition) is 2. The predicted molar refractivity (Wildman–Crippen MR) is 92.4 cm³/mol. The van der Waals surface area contributed by atoms with Gasteiger partial charge < -0.3 is 10.3 Å². The molecular weight excluding hydrogens is 314 g/mol. The van der Waals surface area contributed by atoms with Crippen molar-refractivity contribution in [2.75, 3.05) is 0 Å². The minimum absolute atomic E-state index is 0.00144. The molecule has 2 N–H and O–H groups in total. The van der Waals surface area contributed by atoms with E-state index in [4.69, 9.17) is 5.26 Å². The number of carbonyl (C=O) groups excluding carboxylic acids is 1. The molecule has 124 valence electrons. The van der Waals surface area contributed by atoms with Gasteiger partial charge in [-0.25, -0.2) is 4.98 Å². The number of nitriles is 1. The predicted octanol–water partition coefficient (Wildman–Crippen LogP) is 2.57. The van der Waals surface area contributed by atoms with Gasteiger partial charge >= 0.3 is 0 Å². The summed E-state index contributed by atoms with van der Waals surface area (Å²) in [5, 5.41) is 12.2. The largest absolute Gasteiger partial charge is 0.347 e. The first kappa shape index (κ1) is 15.3. The van der Waals surface area contributed by atoms with Crippen molar-refractivity contribution in [3.05, 3.63) is 59.7 Å². The summed E-state index contributed by atoms with van der Waals surface area (Å²) in [6.45, 7) is 0. The first-order valence-electron chi connectivity index (χ1n) is 8.29. The van der Waals surface area contributed by atoms with Crippen LogP contribution >= 0.6 is 0 Å². The maximum Gasteiger partial charge on any atom is 0.221 e. The summed E-state index contributed by atoms with van der Waals surface area (Å²) in [6.07, 6.45) is 6.16. The number of imidazole rings is 1. The summed E-state index contributed by atoms with van der Waals surface area (Å²) in [7, 11) is 0. The van der Waals surface area contributed by atoms with Crippen molar-refractivity contribution in [3.8, 4) is 6.07 Å². The summed E-state index contributed by atoms with van der Waals surface area (Å²) < 4.78 is 0. The zero-order valence-corrected chi connectivity index (χ0v) is 13.6. The SMILES string of the molecule is N#Cc1cccc(C2(NC(=O)CCc3nc4ccncc4[nH]3)CC2)c1. The molecule has 2 heterocycles. The van der Waals surface area contributed by atoms with Gasteiger partial charge in [0.15, 0.2) is 0 Å². The Morgan fingerprint density at radius 2 is 2.24 bits per heavy atom. The van der Waals surface area contributed by atoms with Crippen LogP contribution < -0.4 is 5.32 Å². The van der Waals surface area contributed by atoms with E-state index in [0.717, 1.165) is 35.3 Å². The zero-order valence-electron chi connectivity index (χ0n) is 13.6. The number of aromatic amines is 1. The molecule has 0 radical (unpaired) electrons. The molecule has 1 aliphatic rings. The van der Waals surface area contributed by atoms with Crippen LogP contribution in [-0.4, -0.2) is 20.9 Å². The lowest BCUT2D eigenvalue weighted by Crippen LogP contribution is -2.35. The number of nitrogens with one attached hydrogen (secondary N) is 2. The Bertz CT molecular complexity index is 948. The van der Waals surface area contributed by atoms with E-state index in [2.05, 4.69) is 26.3 Å². The minimum atomic E-state index is -0.304. The molecule has 1 aliphatic carbocycles. The first-order valence-corrected chi connectivity index (χ1v) is 8.29. The van der Waals surface area contributed by atoms with Gasteiger partial charge in [-0.05, 0) is 36.6 Å². The molecule has 3 aromatic rings. The number of hydrogen-bond acceptors (Lipinski definition) is 4. The van der Waals surface area contributed by atoms with Crippen molar-refractivity contribution in [1.29, 1.82) is 5.26 Å². The van der Waals surface area contributed by atoms with E-state index in [9.17, 15) is 4.79 Å². The van der Waals surface area contributed by atoms with Crippen molar-refractivity contribution < 1.29 is 4.79 Å². The van der Waals surface area contributed by atoms with Crippen LogP contribution in [0.1, 0.15) is 36.2 Å². The van der Waals surface area contributed by atoms with Gasteiger partial charge in [0.25, 0.3) is 0 Å². The van der Waals surface area contributed by atoms with Gasteiger partial charge in [0.05, 0.1) is 34.4 Å². The smallest absolute Gasteiger partial charge is 0.221 e. The van der Waals surface area contributed by atoms with Crippen molar-refractivity contribution in [1.82, 2.24) is 20.3 Å². The molecule has 6 nitrogen and oxygen atoms in total. The van der Waals surface area contributed by atoms with E-state index in [1.807, 2.05) is 24.3 Å². The number of rotatable bonds is 5. The van der Waals surface area contributed by atoms with Gasteiger partial charge in [-0.3, -0.25) is 9.78 Å². The fraction of sp³-hybridized carbons (Fsp3) is 0.263. The topological polar surface area (TPSA) is 94.5 Å². The van der Waals surface area contributed by atoms with Crippen LogP contribution in [0.5, 0.6) is 0 Å². The molecule has 6 heteroatoms. The average Bonchev–Trinajstić information content (AvgIpc) is 3.30. The Labute approximate surface area is 144 Å². The Morgan fingerprint density at radius 1 is 1.36 bits per heavy atom. The number of fused-ring (bicyclic) bond motifs is 1. The van der Waals surface area contributed by atoms with Crippen LogP contribution in [0.15, 0.2) is 42.7 Å². The standard InChI is InChI=1S/C19H17N5O/c20-11-13-2-1-3-14(10-13)19(7-8-19)24-18(25)5-4-17-22-15-6-9-21-12-16(15)23-17/h1-3,6,9-10,12H,4-5,7-8H2,(H,22,23)(H,24,25). The Hall–Kier alpha value is -3.20. The molecule has 0 saturated heterocycles. The molecule has 25 heavy (non-hydrogen) atoms. The molecule has 0 atom stereocenters. The van der Waals surface area contributed by atoms with E-state index in [0.29, 0.717) is 18.4 Å². The molecule has 1 amide bonds. The monoisotopic (exact) mass is 331 g/mol. The van der Waals surface area contributed by atoms with E-state index in [1.165, 1.54) is 0 Å². The van der Waals surface area contributed by atoms with Crippen LogP contribution in [0, 0.1) is 11.3 Å². The van der Waals surface area contributed by atoms with Gasteiger partial charge in [-0.15, -0.1) is 0 Å². The minimum Gasteiger partial charge on any atom is -0.347 e. The molecule has 0 aliphatic heterocycles. The number of amides is 1. The van der Waals surface area contributed by atoms with Crippen LogP contribution in [0.25, 0.3) is 11.0 Å². The molecule has 1 aromatic carbocycles. The van der Waals surface area contributed by atoms with Crippen molar-refractivity contribution in [2.45, 2.75) is 31.2 Å². The molecule has 0 spiro atoms. The van der Waals surface area contributed by atoms with E-state index >= 15 is 0 Å². The molecule has 1 fully saturated rings. The zero-order chi connectivity index (χ0) is 17.3. The second kappa shape index (κ2) is 6.02. The third-order valence-corrected chi connectivity index (χ3v) is 4.59. The lowest BCUT2D eigenvalue weighted by Gasteiger charge is -2.18. The van der Waals surface area contributed by atoms with Crippen molar-refractivity contribution in [3.63, 3.8) is 0 Å². The van der Waals surface area contributed by atoms with Crippen molar-refractivity contribution >= 4 is 16.9 Å². The van der Waals surface area contributed by atoms with Crippen LogP contribution in [0.2, 0.25) is 0 Å². The third-order valence-electron chi connectivity index (χ3n) is 4.59. The third kappa shape index (κ3) is 3.09. The van der Waals surface area contributed by atoms with E-state index in [1.54, 1.807) is 18.5 Å². The van der Waals surface area contributed by atoms with Gasteiger partial charge in [0.2, 0.25) is 5.91 Å². The van der Waals surface area contributed by atoms with Gasteiger partial charge in [-0.2, -0.15) is 5.26 Å². The molecule has 0 unspecified atom stereocenters. The number of H-pyrrole nitrogens is 1. The highest BCUT2D eigenvalue weighted by Crippen LogP contribution is 2.45. The second-order valence-electron chi connectivity index (χ2n) is 6.40. The van der Waals surface area contributed by atoms with Gasteiger partial charge in [-0.1, -0.05) is 12.1 Å². The lowest BCUT2D eigenvalue weighted by molar-refractivity contribution is -0.122. The fourth-order valence-electron chi connectivity index (χ4n) is 3.09. The number of benzene rings is 1. The lowest BCUT2D eigenvalue weighted by atomic mass is 10.0. The van der Waals surface area contributed by atoms with Gasteiger partial charge in [0.1, 0.15) is 5.82 Å². The number of pyridine rings is 1. The maximum absolute atomic E-state index is 12.4. The highest BCUT2D eigenvalue weighted by atomic mass is 16.1. The number of aromatic nitrogens is 3. The summed E-state index contributed by atoms with van der Waals surface area (Å²) in [5.74, 6) is 0.785. The van der Waals surface area contributed by atoms with Crippen LogP contribution in [-0.2, 0) is 16.8 Å². The summed E-state index contributed by atoms with van der Waals surface area (Å²) in [6, 6.07) is 11.5. The van der Waals surface area contributed by atoms with Crippen LogP contribution in [0.4, 0.5) is 0 Å². The quantitative estimate of drug-likeness (QED) is 0.751. The maximum atomic E-state index is 12.4. The fourth-order valence-corrected chi connectivity index (χ4v) is 3.09. The van der Waals surface area contributed by atoms with Crippen molar-refractivity contribution in [2.24, 2.45) is 0 Å². The van der Waals surface area contributed by atoms with Gasteiger partial charge in [0, 0.05) is 19.0 Å². The molecule has 1 saturated carbocycles. The highest BCUT2D eigenvalue weighted by Gasteiger charge is 2.45. The van der Waals surface area contributed by atoms with E-state index < -0.39 is 0 Å². The number of aryl methyl sites for hydroxylation is 1. The molecule has 4 rings (SSSR count). The first-order chi connectivity index (χ1) is 12.2. The normalized spacial score (nSPS) is 14.8. The molecular formula is C19H17N5O. The number of carbonyl (C=O) groups is 1. The summed E-state index contributed by atoms with van der Waals surface area (Å²) >= 11 is 0. The average molecular weight is 331 g/mol. The Balaban J connectivity index is 1.41. The summed E-state index contributed by atoms with van der Waals surface area (Å²) in [4.78, 5) is 24.1. The number of nitrogens with zero attached hydrogens (tertiary/aromatic N) is 3. The molecule has 0 bridgehead atoms. The Kier molecular flexibility index (Phi) is 3.69. The highest BCUT2D eigenvalue weighted by molar-refractivity contribution is 5.78. The molecule has 2 aromatic heterocycles. The summed E-state index contributed by atoms with van der Waals surface area (Å²) in [5.41, 5.74) is 3.06. The van der Waals surface area contributed by atoms with E-state index in [-0.39, 0.29) is 11.4 Å². The second-order valence-corrected chi connectivity index (χ2v) is 6.40. The Morgan fingerprint density at radius 3 is 3.00 bits per heavy atom. The van der Waals surface area contributed by atoms with Crippen LogP contribution in [0.3, 0.4) is 0 Å².